The molecule has 0 spiro atoms. The summed E-state index contributed by atoms with van der Waals surface area (Å²) in [7, 11) is 0. The van der Waals surface area contributed by atoms with Crippen LogP contribution in [0.2, 0.25) is 0 Å². The van der Waals surface area contributed by atoms with E-state index in [0.717, 1.165) is 6.04 Å². The first-order valence-corrected chi connectivity index (χ1v) is 6.60. The second kappa shape index (κ2) is 4.52. The lowest BCUT2D eigenvalue weighted by molar-refractivity contribution is 0.154. The minimum atomic E-state index is 0.964. The fourth-order valence-electron chi connectivity index (χ4n) is 2.39. The Morgan fingerprint density at radius 1 is 0.917 bits per heavy atom. The smallest absolute Gasteiger partial charge is 0.107 e. The van der Waals surface area contributed by atoms with Crippen LogP contribution in [0.25, 0.3) is 0 Å². The van der Waals surface area contributed by atoms with E-state index in [9.17, 15) is 0 Å². The van der Waals surface area contributed by atoms with Gasteiger partial charge in [0.05, 0.1) is 0 Å². The highest BCUT2D eigenvalue weighted by molar-refractivity contribution is 7.78. The summed E-state index contributed by atoms with van der Waals surface area (Å²) in [4.78, 5) is 2.75. The van der Waals surface area contributed by atoms with Crippen molar-refractivity contribution in [1.29, 1.82) is 0 Å². The molecule has 2 aliphatic rings. The summed E-state index contributed by atoms with van der Waals surface area (Å²) < 4.78 is 0. The third-order valence-corrected chi connectivity index (χ3v) is 4.30. The summed E-state index contributed by atoms with van der Waals surface area (Å²) in [6.45, 7) is 2.78. The van der Waals surface area contributed by atoms with E-state index >= 15 is 0 Å². The van der Waals surface area contributed by atoms with E-state index in [1.165, 1.54) is 56.7 Å². The lowest BCUT2D eigenvalue weighted by Gasteiger charge is -2.34. The summed E-state index contributed by atoms with van der Waals surface area (Å²) in [6, 6.07) is 0.964. The number of hydrogen-bond acceptors (Lipinski definition) is 1. The van der Waals surface area contributed by atoms with Gasteiger partial charge in [-0.2, -0.15) is 0 Å². The normalized spacial score (nSPS) is 29.0. The third kappa shape index (κ3) is 2.17. The predicted octanol–water partition coefficient (Wildman–Crippen LogP) is 1.45. The molecule has 0 atom stereocenters. The maximum atomic E-state index is 2.75. The van der Waals surface area contributed by atoms with E-state index in [1.54, 1.807) is 11.8 Å². The van der Waals surface area contributed by atoms with Crippen LogP contribution < -0.4 is 0 Å². The number of piperidine rings is 1. The van der Waals surface area contributed by atoms with Crippen molar-refractivity contribution < 1.29 is 0 Å². The van der Waals surface area contributed by atoms with Crippen molar-refractivity contribution in [3.8, 4) is 0 Å². The lowest BCUT2D eigenvalue weighted by atomic mass is 10.0. The van der Waals surface area contributed by atoms with Crippen LogP contribution in [0.3, 0.4) is 0 Å². The molecule has 0 aromatic carbocycles. The van der Waals surface area contributed by atoms with Crippen molar-refractivity contribution in [2.75, 3.05) is 24.6 Å². The zero-order valence-corrected chi connectivity index (χ0v) is 8.73. The van der Waals surface area contributed by atoms with Gasteiger partial charge in [0, 0.05) is 18.9 Å². The molecule has 2 heterocycles. The predicted molar refractivity (Wildman–Crippen MR) is 56.9 cm³/mol. The van der Waals surface area contributed by atoms with E-state index in [4.69, 9.17) is 0 Å². The Bertz CT molecular complexity index is 110. The molecule has 0 N–H and O–H groups in total. The van der Waals surface area contributed by atoms with Gasteiger partial charge in [0.2, 0.25) is 0 Å². The molecular formula is C10H20NS+. The molecule has 0 aromatic rings. The molecule has 0 radical (unpaired) electrons. The topological polar surface area (TPSA) is 3.24 Å². The second-order valence-electron chi connectivity index (χ2n) is 4.00. The molecule has 0 unspecified atom stereocenters. The number of likely N-dealkylation sites (tertiary alicyclic amines) is 1. The summed E-state index contributed by atoms with van der Waals surface area (Å²) in [5.41, 5.74) is 0. The second-order valence-corrected chi connectivity index (χ2v) is 5.34. The molecule has 2 heteroatoms. The van der Waals surface area contributed by atoms with Crippen LogP contribution in [-0.4, -0.2) is 35.5 Å². The maximum Gasteiger partial charge on any atom is 0.107 e. The summed E-state index contributed by atoms with van der Waals surface area (Å²) in [5.74, 6) is 2.92. The minimum absolute atomic E-state index is 0.964. The molecule has 0 amide bonds. The van der Waals surface area contributed by atoms with Gasteiger partial charge in [-0.1, -0.05) is 6.42 Å². The van der Waals surface area contributed by atoms with E-state index in [2.05, 4.69) is 4.90 Å². The molecule has 2 rings (SSSR count). The van der Waals surface area contributed by atoms with Gasteiger partial charge in [-0.3, -0.25) is 0 Å². The van der Waals surface area contributed by atoms with Crippen LogP contribution in [0.1, 0.15) is 32.1 Å². The molecule has 0 saturated carbocycles. The zero-order chi connectivity index (χ0) is 8.23. The number of rotatable bonds is 1. The molecule has 2 fully saturated rings. The average Bonchev–Trinajstić information content (AvgIpc) is 2.21. The van der Waals surface area contributed by atoms with Crippen LogP contribution in [-0.2, 0) is 11.8 Å². The number of hydrogen-bond donors (Lipinski definition) is 0. The van der Waals surface area contributed by atoms with E-state index in [0.29, 0.717) is 0 Å². The summed E-state index contributed by atoms with van der Waals surface area (Å²) in [6.07, 6.45) is 7.33. The molecule has 0 bridgehead atoms. The fourth-order valence-corrected chi connectivity index (χ4v) is 3.57. The van der Waals surface area contributed by atoms with Crippen LogP contribution in [0.4, 0.5) is 0 Å². The van der Waals surface area contributed by atoms with E-state index in [-0.39, 0.29) is 0 Å². The number of nitrogens with zero attached hydrogens (tertiary/aromatic N) is 1. The third-order valence-electron chi connectivity index (χ3n) is 3.15. The lowest BCUT2D eigenvalue weighted by Crippen LogP contribution is -2.42. The van der Waals surface area contributed by atoms with Crippen molar-refractivity contribution in [2.24, 2.45) is 0 Å². The van der Waals surface area contributed by atoms with E-state index < -0.39 is 0 Å². The summed E-state index contributed by atoms with van der Waals surface area (Å²) >= 11 is 1.71. The van der Waals surface area contributed by atoms with Gasteiger partial charge >= 0.3 is 0 Å². The Hall–Kier alpha value is 0.310. The molecule has 2 saturated heterocycles. The van der Waals surface area contributed by atoms with Gasteiger partial charge in [-0.05, 0) is 37.7 Å². The van der Waals surface area contributed by atoms with Crippen LogP contribution in [0, 0.1) is 0 Å². The van der Waals surface area contributed by atoms with Gasteiger partial charge in [0.15, 0.2) is 0 Å². The Morgan fingerprint density at radius 3 is 2.25 bits per heavy atom. The molecule has 0 aromatic heterocycles. The van der Waals surface area contributed by atoms with Crippen LogP contribution >= 0.6 is 0 Å². The maximum absolute atomic E-state index is 2.75. The molecule has 12 heavy (non-hydrogen) atoms. The first-order valence-electron chi connectivity index (χ1n) is 5.34. The summed E-state index contributed by atoms with van der Waals surface area (Å²) in [5, 5.41) is 0. The van der Waals surface area contributed by atoms with Crippen molar-refractivity contribution in [2.45, 2.75) is 38.1 Å². The SMILES string of the molecule is C1CCN(C2CC[SH+]CC2)CC1. The van der Waals surface area contributed by atoms with Crippen molar-refractivity contribution in [3.05, 3.63) is 0 Å². The molecule has 0 aliphatic carbocycles. The standard InChI is InChI=1S/C10H19NS/c1-2-6-11(7-3-1)10-4-8-12-9-5-10/h10H,1-9H2/p+1. The average molecular weight is 186 g/mol. The number of thiol groups is 1. The molecule has 70 valence electrons. The monoisotopic (exact) mass is 186 g/mol. The van der Waals surface area contributed by atoms with Crippen LogP contribution in [0.5, 0.6) is 0 Å². The highest BCUT2D eigenvalue weighted by Crippen LogP contribution is 2.19. The van der Waals surface area contributed by atoms with E-state index in [1.807, 2.05) is 0 Å². The van der Waals surface area contributed by atoms with Gasteiger partial charge in [0.1, 0.15) is 11.5 Å². The van der Waals surface area contributed by atoms with Crippen LogP contribution in [0.15, 0.2) is 0 Å². The fraction of sp³-hybridized carbons (Fsp3) is 1.00. The van der Waals surface area contributed by atoms with Gasteiger partial charge < -0.3 is 4.90 Å². The zero-order valence-electron chi connectivity index (χ0n) is 7.84. The highest BCUT2D eigenvalue weighted by atomic mass is 32.2. The van der Waals surface area contributed by atoms with Crippen molar-refractivity contribution in [3.63, 3.8) is 0 Å². The van der Waals surface area contributed by atoms with Crippen molar-refractivity contribution in [1.82, 2.24) is 4.90 Å². The Kier molecular flexibility index (Phi) is 3.35. The largest absolute Gasteiger partial charge is 0.300 e. The molecular weight excluding hydrogens is 166 g/mol. The van der Waals surface area contributed by atoms with Crippen molar-refractivity contribution >= 4 is 11.8 Å². The molecule has 1 nitrogen and oxygen atoms in total. The Morgan fingerprint density at radius 2 is 1.58 bits per heavy atom. The van der Waals surface area contributed by atoms with Gasteiger partial charge in [0.25, 0.3) is 0 Å². The molecule has 2 aliphatic heterocycles. The first kappa shape index (κ1) is 8.89. The highest BCUT2D eigenvalue weighted by Gasteiger charge is 2.24. The Balaban J connectivity index is 1.80. The minimum Gasteiger partial charge on any atom is -0.300 e. The van der Waals surface area contributed by atoms with Gasteiger partial charge in [-0.25, -0.2) is 0 Å². The Labute approximate surface area is 79.9 Å². The van der Waals surface area contributed by atoms with Gasteiger partial charge in [-0.15, -0.1) is 0 Å². The first-order chi connectivity index (χ1) is 5.97. The quantitative estimate of drug-likeness (QED) is 0.442.